The first-order valence-corrected chi connectivity index (χ1v) is 9.65. The van der Waals surface area contributed by atoms with E-state index in [1.54, 1.807) is 0 Å². The van der Waals surface area contributed by atoms with Crippen LogP contribution in [0.25, 0.3) is 0 Å². The van der Waals surface area contributed by atoms with Gasteiger partial charge < -0.3 is 20.9 Å². The van der Waals surface area contributed by atoms with E-state index in [4.69, 9.17) is 4.99 Å². The lowest BCUT2D eigenvalue weighted by Gasteiger charge is -2.27. The molecule has 0 saturated heterocycles. The van der Waals surface area contributed by atoms with Crippen LogP contribution in [-0.4, -0.2) is 56.5 Å². The highest BCUT2D eigenvalue weighted by Crippen LogP contribution is 2.34. The summed E-state index contributed by atoms with van der Waals surface area (Å²) in [5.41, 5.74) is 2.12. The minimum absolute atomic E-state index is 0.0823. The van der Waals surface area contributed by atoms with Gasteiger partial charge in [0.05, 0.1) is 6.54 Å². The van der Waals surface area contributed by atoms with Crippen LogP contribution in [0.1, 0.15) is 37.7 Å². The van der Waals surface area contributed by atoms with Crippen molar-refractivity contribution in [2.75, 3.05) is 39.0 Å². The van der Waals surface area contributed by atoms with Gasteiger partial charge in [-0.2, -0.15) is 0 Å². The van der Waals surface area contributed by atoms with Crippen molar-refractivity contribution in [3.05, 3.63) is 29.8 Å². The third-order valence-electron chi connectivity index (χ3n) is 5.23. The molecule has 2 atom stereocenters. The molecule has 0 radical (unpaired) electrons. The number of hydrogen-bond donors (Lipinski definition) is 3. The van der Waals surface area contributed by atoms with E-state index in [9.17, 15) is 4.79 Å². The summed E-state index contributed by atoms with van der Waals surface area (Å²) < 4.78 is 0. The predicted molar refractivity (Wildman–Crippen MR) is 107 cm³/mol. The fourth-order valence-corrected chi connectivity index (χ4v) is 3.65. The van der Waals surface area contributed by atoms with Gasteiger partial charge in [0, 0.05) is 37.2 Å². The summed E-state index contributed by atoms with van der Waals surface area (Å²) in [6, 6.07) is 8.56. The second kappa shape index (κ2) is 8.54. The number of amides is 1. The van der Waals surface area contributed by atoms with Crippen LogP contribution < -0.4 is 16.0 Å². The Morgan fingerprint density at radius 1 is 1.31 bits per heavy atom. The van der Waals surface area contributed by atoms with Crippen molar-refractivity contribution in [3.63, 3.8) is 0 Å². The minimum Gasteiger partial charge on any atom is -0.357 e. The molecule has 26 heavy (non-hydrogen) atoms. The fraction of sp³-hybridized carbons (Fsp3) is 0.600. The average molecular weight is 358 g/mol. The third-order valence-corrected chi connectivity index (χ3v) is 5.23. The molecule has 2 aliphatic rings. The van der Waals surface area contributed by atoms with E-state index in [2.05, 4.69) is 47.9 Å². The zero-order chi connectivity index (χ0) is 18.5. The summed E-state index contributed by atoms with van der Waals surface area (Å²) in [6.45, 7) is 4.40. The zero-order valence-electron chi connectivity index (χ0n) is 16.1. The molecule has 3 N–H and O–H groups in total. The number of para-hydroxylation sites is 1. The highest BCUT2D eigenvalue weighted by molar-refractivity contribution is 5.94. The van der Waals surface area contributed by atoms with Crippen LogP contribution >= 0.6 is 0 Å². The van der Waals surface area contributed by atoms with Gasteiger partial charge in [0.2, 0.25) is 5.91 Å². The number of nitrogens with zero attached hydrogens (tertiary/aromatic N) is 2. The van der Waals surface area contributed by atoms with E-state index < -0.39 is 0 Å². The largest absolute Gasteiger partial charge is 0.357 e. The number of aliphatic imine (C=N–C) groups is 1. The van der Waals surface area contributed by atoms with E-state index >= 15 is 0 Å². The lowest BCUT2D eigenvalue weighted by atomic mass is 9.90. The standard InChI is InChI=1S/C20H31N5O/c1-4-21-20(23-13-18(25(2)3)14-9-10-14)22-12-15-11-19(26)24-17-8-6-5-7-16(15)17/h5-8,14-15,18H,4,9-13H2,1-3H3,(H,24,26)(H2,21,22,23). The summed E-state index contributed by atoms with van der Waals surface area (Å²) in [6.07, 6.45) is 3.14. The number of fused-ring (bicyclic) bond motifs is 1. The zero-order valence-corrected chi connectivity index (χ0v) is 16.1. The quantitative estimate of drug-likeness (QED) is 0.516. The molecule has 1 aliphatic heterocycles. The van der Waals surface area contributed by atoms with Crippen LogP contribution in [0.5, 0.6) is 0 Å². The molecule has 0 spiro atoms. The van der Waals surface area contributed by atoms with Gasteiger partial charge in [-0.05, 0) is 51.4 Å². The Morgan fingerprint density at radius 2 is 2.08 bits per heavy atom. The smallest absolute Gasteiger partial charge is 0.225 e. The van der Waals surface area contributed by atoms with Crippen molar-refractivity contribution in [2.45, 2.75) is 38.1 Å². The molecular formula is C20H31N5O. The van der Waals surface area contributed by atoms with Gasteiger partial charge in [0.15, 0.2) is 5.96 Å². The molecule has 6 heteroatoms. The van der Waals surface area contributed by atoms with Crippen LogP contribution in [0.2, 0.25) is 0 Å². The van der Waals surface area contributed by atoms with E-state index in [-0.39, 0.29) is 11.8 Å². The summed E-state index contributed by atoms with van der Waals surface area (Å²) in [5.74, 6) is 1.87. The SMILES string of the molecule is CCNC(=NCC(C1CC1)N(C)C)NCC1CC(=O)Nc2ccccc21. The van der Waals surface area contributed by atoms with Gasteiger partial charge in [-0.25, -0.2) is 0 Å². The first-order chi connectivity index (χ1) is 12.6. The molecular weight excluding hydrogens is 326 g/mol. The molecule has 1 heterocycles. The number of hydrogen-bond acceptors (Lipinski definition) is 3. The Bertz CT molecular complexity index is 651. The Hall–Kier alpha value is -2.08. The van der Waals surface area contributed by atoms with Crippen LogP contribution in [0.3, 0.4) is 0 Å². The number of rotatable bonds is 7. The molecule has 2 unspecified atom stereocenters. The molecule has 6 nitrogen and oxygen atoms in total. The molecule has 1 aliphatic carbocycles. The number of carbonyl (C=O) groups excluding carboxylic acids is 1. The molecule has 1 amide bonds. The fourth-order valence-electron chi connectivity index (χ4n) is 3.65. The molecule has 1 fully saturated rings. The van der Waals surface area contributed by atoms with Gasteiger partial charge in [-0.15, -0.1) is 0 Å². The molecule has 1 saturated carbocycles. The van der Waals surface area contributed by atoms with Crippen molar-refractivity contribution >= 4 is 17.6 Å². The topological polar surface area (TPSA) is 68.8 Å². The first-order valence-electron chi connectivity index (χ1n) is 9.65. The second-order valence-electron chi connectivity index (χ2n) is 7.51. The Balaban J connectivity index is 1.63. The highest BCUT2D eigenvalue weighted by atomic mass is 16.1. The Morgan fingerprint density at radius 3 is 2.77 bits per heavy atom. The van der Waals surface area contributed by atoms with Crippen molar-refractivity contribution in [1.82, 2.24) is 15.5 Å². The van der Waals surface area contributed by atoms with E-state index in [1.807, 2.05) is 18.2 Å². The van der Waals surface area contributed by atoms with Crippen molar-refractivity contribution in [2.24, 2.45) is 10.9 Å². The van der Waals surface area contributed by atoms with Gasteiger partial charge >= 0.3 is 0 Å². The summed E-state index contributed by atoms with van der Waals surface area (Å²) in [5, 5.41) is 9.73. The molecule has 1 aromatic carbocycles. The summed E-state index contributed by atoms with van der Waals surface area (Å²) in [4.78, 5) is 19.1. The number of guanidine groups is 1. The van der Waals surface area contributed by atoms with Crippen LogP contribution in [0.4, 0.5) is 5.69 Å². The maximum absolute atomic E-state index is 12.0. The number of anilines is 1. The van der Waals surface area contributed by atoms with Crippen molar-refractivity contribution < 1.29 is 4.79 Å². The molecule has 0 aromatic heterocycles. The lowest BCUT2D eigenvalue weighted by molar-refractivity contribution is -0.116. The van der Waals surface area contributed by atoms with Crippen LogP contribution in [0.15, 0.2) is 29.3 Å². The average Bonchev–Trinajstić information content (AvgIpc) is 3.44. The molecule has 3 rings (SSSR count). The van der Waals surface area contributed by atoms with E-state index in [1.165, 1.54) is 18.4 Å². The molecule has 0 bridgehead atoms. The van der Waals surface area contributed by atoms with Crippen molar-refractivity contribution in [1.29, 1.82) is 0 Å². The van der Waals surface area contributed by atoms with Crippen molar-refractivity contribution in [3.8, 4) is 0 Å². The van der Waals surface area contributed by atoms with Gasteiger partial charge in [-0.3, -0.25) is 9.79 Å². The normalized spacial score (nSPS) is 21.2. The monoisotopic (exact) mass is 357 g/mol. The van der Waals surface area contributed by atoms with Crippen LogP contribution in [-0.2, 0) is 4.79 Å². The number of nitrogens with one attached hydrogen (secondary N) is 3. The number of likely N-dealkylation sites (N-methyl/N-ethyl adjacent to an activating group) is 1. The molecule has 142 valence electrons. The second-order valence-corrected chi connectivity index (χ2v) is 7.51. The maximum atomic E-state index is 12.0. The van der Waals surface area contributed by atoms with Gasteiger partial charge in [0.25, 0.3) is 0 Å². The number of carbonyl (C=O) groups is 1. The maximum Gasteiger partial charge on any atom is 0.225 e. The third kappa shape index (κ3) is 4.75. The highest BCUT2D eigenvalue weighted by Gasteiger charge is 2.32. The number of benzene rings is 1. The van der Waals surface area contributed by atoms with Gasteiger partial charge in [0.1, 0.15) is 0 Å². The minimum atomic E-state index is 0.0823. The first kappa shape index (κ1) is 18.7. The summed E-state index contributed by atoms with van der Waals surface area (Å²) in [7, 11) is 4.27. The molecule has 1 aromatic rings. The Labute approximate surface area is 156 Å². The Kier molecular flexibility index (Phi) is 6.14. The van der Waals surface area contributed by atoms with Crippen LogP contribution in [0, 0.1) is 5.92 Å². The summed E-state index contributed by atoms with van der Waals surface area (Å²) >= 11 is 0. The van der Waals surface area contributed by atoms with Gasteiger partial charge in [-0.1, -0.05) is 18.2 Å². The van der Waals surface area contributed by atoms with E-state index in [0.717, 1.165) is 30.7 Å². The predicted octanol–water partition coefficient (Wildman–Crippen LogP) is 2.01. The van der Waals surface area contributed by atoms with E-state index in [0.29, 0.717) is 19.0 Å². The lowest BCUT2D eigenvalue weighted by Crippen LogP contribution is -2.42.